The van der Waals surface area contributed by atoms with Crippen molar-refractivity contribution >= 4 is 23.1 Å². The van der Waals surface area contributed by atoms with Gasteiger partial charge in [-0.3, -0.25) is 4.79 Å². The predicted molar refractivity (Wildman–Crippen MR) is 92.7 cm³/mol. The van der Waals surface area contributed by atoms with E-state index >= 15 is 0 Å². The second kappa shape index (κ2) is 6.26. The largest absolute Gasteiger partial charge is 0.382 e. The Hall–Kier alpha value is -2.98. The molecule has 2 aromatic heterocycles. The lowest BCUT2D eigenvalue weighted by Gasteiger charge is -2.05. The average molecular weight is 337 g/mol. The molecular weight excluding hydrogens is 322 g/mol. The maximum Gasteiger partial charge on any atom is 0.299 e. The second-order valence-corrected chi connectivity index (χ2v) is 6.44. The number of nitrogens with two attached hydrogens (primary N) is 1. The first-order valence-electron chi connectivity index (χ1n) is 7.35. The van der Waals surface area contributed by atoms with E-state index in [4.69, 9.17) is 11.0 Å². The summed E-state index contributed by atoms with van der Waals surface area (Å²) >= 11 is 1.38. The molecule has 2 heterocycles. The van der Waals surface area contributed by atoms with Crippen molar-refractivity contribution in [2.45, 2.75) is 19.8 Å². The van der Waals surface area contributed by atoms with Crippen LogP contribution in [-0.2, 0) is 0 Å². The van der Waals surface area contributed by atoms with Crippen LogP contribution in [0.3, 0.4) is 0 Å². The number of nitrogens with zero attached hydrogens (tertiary/aromatic N) is 4. The molecule has 0 saturated heterocycles. The van der Waals surface area contributed by atoms with E-state index in [1.54, 1.807) is 5.38 Å². The zero-order valence-corrected chi connectivity index (χ0v) is 14.0. The van der Waals surface area contributed by atoms with Gasteiger partial charge in [0.1, 0.15) is 28.2 Å². The van der Waals surface area contributed by atoms with Gasteiger partial charge in [0.2, 0.25) is 0 Å². The van der Waals surface area contributed by atoms with Crippen LogP contribution in [0.1, 0.15) is 41.4 Å². The normalized spacial score (nSPS) is 10.8. The molecule has 3 rings (SSSR count). The molecule has 7 heteroatoms. The van der Waals surface area contributed by atoms with Crippen LogP contribution in [0.25, 0.3) is 10.6 Å². The fraction of sp³-hybridized carbons (Fsp3) is 0.176. The maximum absolute atomic E-state index is 12.4. The fourth-order valence-corrected chi connectivity index (χ4v) is 3.03. The highest BCUT2D eigenvalue weighted by Crippen LogP contribution is 2.26. The molecular formula is C17H15N5OS. The van der Waals surface area contributed by atoms with E-state index in [9.17, 15) is 4.79 Å². The summed E-state index contributed by atoms with van der Waals surface area (Å²) in [4.78, 5) is 16.8. The number of nitriles is 1. The topological polar surface area (TPSA) is 97.6 Å². The van der Waals surface area contributed by atoms with Crippen molar-refractivity contribution in [3.05, 3.63) is 52.7 Å². The molecule has 0 bridgehead atoms. The number of hydrogen-bond donors (Lipinski definition) is 1. The van der Waals surface area contributed by atoms with Crippen LogP contribution < -0.4 is 5.73 Å². The van der Waals surface area contributed by atoms with Crippen molar-refractivity contribution in [2.24, 2.45) is 0 Å². The molecule has 0 fully saturated rings. The smallest absolute Gasteiger partial charge is 0.299 e. The molecule has 0 amide bonds. The summed E-state index contributed by atoms with van der Waals surface area (Å²) in [5.41, 5.74) is 8.37. The molecule has 1 aromatic carbocycles. The fourth-order valence-electron chi connectivity index (χ4n) is 2.23. The summed E-state index contributed by atoms with van der Waals surface area (Å²) in [5.74, 6) is 0.0400. The van der Waals surface area contributed by atoms with Gasteiger partial charge in [-0.15, -0.1) is 11.3 Å². The van der Waals surface area contributed by atoms with E-state index in [1.807, 2.05) is 18.2 Å². The summed E-state index contributed by atoms with van der Waals surface area (Å²) in [6.07, 6.45) is 1.27. The van der Waals surface area contributed by atoms with E-state index in [1.165, 1.54) is 23.1 Å². The van der Waals surface area contributed by atoms with Gasteiger partial charge < -0.3 is 5.73 Å². The Labute approximate surface area is 143 Å². The first-order chi connectivity index (χ1) is 11.5. The highest BCUT2D eigenvalue weighted by molar-refractivity contribution is 7.13. The molecule has 0 aliphatic carbocycles. The minimum Gasteiger partial charge on any atom is -0.382 e. The number of thiazole rings is 1. The Kier molecular flexibility index (Phi) is 4.15. The van der Waals surface area contributed by atoms with Gasteiger partial charge in [0, 0.05) is 10.9 Å². The lowest BCUT2D eigenvalue weighted by atomic mass is 10.0. The molecule has 0 aliphatic heterocycles. The van der Waals surface area contributed by atoms with E-state index in [2.05, 4.69) is 36.1 Å². The number of hydrogen-bond acceptors (Lipinski definition) is 6. The Morgan fingerprint density at radius 2 is 2.04 bits per heavy atom. The number of anilines is 1. The van der Waals surface area contributed by atoms with Crippen LogP contribution in [-0.4, -0.2) is 20.7 Å². The van der Waals surface area contributed by atoms with Crippen LogP contribution in [0.15, 0.2) is 35.8 Å². The number of carbonyl (C=O) groups excluding carboxylic acids is 1. The predicted octanol–water partition coefficient (Wildman–Crippen LogP) is 3.27. The van der Waals surface area contributed by atoms with E-state index in [0.29, 0.717) is 5.92 Å². The van der Waals surface area contributed by atoms with Gasteiger partial charge in [-0.05, 0) is 11.5 Å². The van der Waals surface area contributed by atoms with Gasteiger partial charge >= 0.3 is 0 Å². The van der Waals surface area contributed by atoms with Crippen molar-refractivity contribution in [3.63, 3.8) is 0 Å². The van der Waals surface area contributed by atoms with Crippen molar-refractivity contribution in [1.29, 1.82) is 5.26 Å². The molecule has 0 saturated carbocycles. The maximum atomic E-state index is 12.4. The van der Waals surface area contributed by atoms with Crippen LogP contribution in [0.2, 0.25) is 0 Å². The number of rotatable bonds is 3. The van der Waals surface area contributed by atoms with Crippen molar-refractivity contribution < 1.29 is 4.79 Å². The Morgan fingerprint density at radius 1 is 1.33 bits per heavy atom. The minimum atomic E-state index is -0.449. The Balaban J connectivity index is 1.88. The monoisotopic (exact) mass is 337 g/mol. The number of aromatic nitrogens is 3. The minimum absolute atomic E-state index is 0.0262. The van der Waals surface area contributed by atoms with Gasteiger partial charge in [0.15, 0.2) is 0 Å². The van der Waals surface area contributed by atoms with E-state index in [0.717, 1.165) is 15.3 Å². The number of benzene rings is 1. The molecule has 0 unspecified atom stereocenters. The average Bonchev–Trinajstić information content (AvgIpc) is 3.21. The molecule has 2 N–H and O–H groups in total. The molecule has 24 heavy (non-hydrogen) atoms. The molecule has 0 radical (unpaired) electrons. The summed E-state index contributed by atoms with van der Waals surface area (Å²) in [6, 6.07) is 10.0. The third kappa shape index (κ3) is 2.79. The Bertz CT molecular complexity index is 931. The van der Waals surface area contributed by atoms with Gasteiger partial charge in [0.05, 0.1) is 6.20 Å². The summed E-state index contributed by atoms with van der Waals surface area (Å²) in [6.45, 7) is 4.28. The van der Waals surface area contributed by atoms with Crippen molar-refractivity contribution in [3.8, 4) is 16.6 Å². The first kappa shape index (κ1) is 15.9. The van der Waals surface area contributed by atoms with E-state index < -0.39 is 5.91 Å². The zero-order valence-electron chi connectivity index (χ0n) is 13.2. The zero-order chi connectivity index (χ0) is 17.3. The molecule has 0 atom stereocenters. The summed E-state index contributed by atoms with van der Waals surface area (Å²) in [7, 11) is 0. The Morgan fingerprint density at radius 3 is 2.62 bits per heavy atom. The molecule has 0 spiro atoms. The van der Waals surface area contributed by atoms with Crippen LogP contribution in [0, 0.1) is 11.3 Å². The van der Waals surface area contributed by atoms with Gasteiger partial charge in [-0.2, -0.15) is 15.0 Å². The number of nitrogen functional groups attached to an aromatic ring is 1. The standard InChI is InChI=1S/C17H15N5OS/c1-10(2)11-3-5-12(6-4-11)16-21-14(9-24-16)17(23)22-15(19)13(7-18)8-20-22/h3-6,8-10H,19H2,1-2H3. The second-order valence-electron chi connectivity index (χ2n) is 5.59. The number of carbonyl (C=O) groups is 1. The lowest BCUT2D eigenvalue weighted by Crippen LogP contribution is -2.16. The first-order valence-corrected chi connectivity index (χ1v) is 8.23. The SMILES string of the molecule is CC(C)c1ccc(-c2nc(C(=O)n3ncc(C#N)c3N)cs2)cc1. The molecule has 3 aromatic rings. The van der Waals surface area contributed by atoms with Crippen LogP contribution in [0.4, 0.5) is 5.82 Å². The van der Waals surface area contributed by atoms with Crippen molar-refractivity contribution in [1.82, 2.24) is 14.8 Å². The molecule has 0 aliphatic rings. The van der Waals surface area contributed by atoms with Gasteiger partial charge in [0.25, 0.3) is 5.91 Å². The van der Waals surface area contributed by atoms with Crippen LogP contribution >= 0.6 is 11.3 Å². The quantitative estimate of drug-likeness (QED) is 0.791. The highest BCUT2D eigenvalue weighted by atomic mass is 32.1. The highest BCUT2D eigenvalue weighted by Gasteiger charge is 2.18. The summed E-state index contributed by atoms with van der Waals surface area (Å²) in [5, 5.41) is 15.2. The van der Waals surface area contributed by atoms with Gasteiger partial charge in [-0.25, -0.2) is 4.98 Å². The third-order valence-corrected chi connectivity index (χ3v) is 4.56. The van der Waals surface area contributed by atoms with Crippen LogP contribution in [0.5, 0.6) is 0 Å². The third-order valence-electron chi connectivity index (χ3n) is 3.67. The molecule has 6 nitrogen and oxygen atoms in total. The lowest BCUT2D eigenvalue weighted by molar-refractivity contribution is 0.0944. The summed E-state index contributed by atoms with van der Waals surface area (Å²) < 4.78 is 0.999. The van der Waals surface area contributed by atoms with E-state index in [-0.39, 0.29) is 17.1 Å². The molecule has 120 valence electrons. The van der Waals surface area contributed by atoms with Gasteiger partial charge in [-0.1, -0.05) is 38.1 Å². The van der Waals surface area contributed by atoms with Crippen molar-refractivity contribution in [2.75, 3.05) is 5.73 Å².